The van der Waals surface area contributed by atoms with E-state index in [1.54, 1.807) is 0 Å². The number of para-hydroxylation sites is 1. The Morgan fingerprint density at radius 1 is 1.11 bits per heavy atom. The summed E-state index contributed by atoms with van der Waals surface area (Å²) in [5, 5.41) is 3.91. The van der Waals surface area contributed by atoms with Crippen molar-refractivity contribution in [3.8, 4) is 0 Å². The first kappa shape index (κ1) is 19.2. The molecule has 0 aliphatic heterocycles. The van der Waals surface area contributed by atoms with Gasteiger partial charge in [-0.2, -0.15) is 0 Å². The minimum atomic E-state index is -0.355. The van der Waals surface area contributed by atoms with Crippen LogP contribution < -0.4 is 10.9 Å². The number of carbonyl (C=O) groups is 1. The molecule has 0 aliphatic carbocycles. The topological polar surface area (TPSA) is 59.3 Å². The lowest BCUT2D eigenvalue weighted by molar-refractivity contribution is -0.113. The third-order valence-electron chi connectivity index (χ3n) is 4.54. The average molecular weight is 381 g/mol. The first-order valence-electron chi connectivity index (χ1n) is 8.97. The van der Waals surface area contributed by atoms with Crippen molar-refractivity contribution in [3.63, 3.8) is 0 Å². The lowest BCUT2D eigenvalue weighted by atomic mass is 10.1. The molecule has 0 aliphatic rings. The summed E-state index contributed by atoms with van der Waals surface area (Å²) >= 11 is 1.49. The Morgan fingerprint density at radius 2 is 1.85 bits per heavy atom. The molecule has 0 radical (unpaired) electrons. The Balaban J connectivity index is 1.68. The standard InChI is InChI=1S/C22H23NO3S/c1-4-16-8-9-18-17(11-21(25)26-19(18)10-16)12-27-13-20(24)23-22-14(2)6-5-7-15(22)3/h5-11H,4,12-13H2,1-3H3,(H,23,24). The summed E-state index contributed by atoms with van der Waals surface area (Å²) in [4.78, 5) is 24.2. The number of anilines is 1. The molecule has 4 nitrogen and oxygen atoms in total. The fraction of sp³-hybridized carbons (Fsp3) is 0.273. The van der Waals surface area contributed by atoms with Gasteiger partial charge in [-0.3, -0.25) is 4.79 Å². The van der Waals surface area contributed by atoms with Gasteiger partial charge < -0.3 is 9.73 Å². The Labute approximate surface area is 163 Å². The summed E-state index contributed by atoms with van der Waals surface area (Å²) in [6, 6.07) is 13.4. The number of hydrogen-bond acceptors (Lipinski definition) is 4. The fourth-order valence-electron chi connectivity index (χ4n) is 3.05. The van der Waals surface area contributed by atoms with Crippen molar-refractivity contribution in [3.05, 3.63) is 75.1 Å². The molecule has 0 unspecified atom stereocenters. The van der Waals surface area contributed by atoms with Gasteiger partial charge >= 0.3 is 5.63 Å². The maximum Gasteiger partial charge on any atom is 0.336 e. The van der Waals surface area contributed by atoms with E-state index in [2.05, 4.69) is 12.2 Å². The van der Waals surface area contributed by atoms with E-state index in [0.29, 0.717) is 17.1 Å². The van der Waals surface area contributed by atoms with E-state index in [4.69, 9.17) is 4.42 Å². The van der Waals surface area contributed by atoms with E-state index < -0.39 is 0 Å². The predicted molar refractivity (Wildman–Crippen MR) is 113 cm³/mol. The number of carbonyl (C=O) groups excluding carboxylic acids is 1. The first-order chi connectivity index (χ1) is 13.0. The Kier molecular flexibility index (Phi) is 6.01. The summed E-state index contributed by atoms with van der Waals surface area (Å²) < 4.78 is 5.33. The second-order valence-corrected chi connectivity index (χ2v) is 7.57. The van der Waals surface area contributed by atoms with Crippen LogP contribution in [0.5, 0.6) is 0 Å². The van der Waals surface area contributed by atoms with Crippen molar-refractivity contribution in [2.45, 2.75) is 32.9 Å². The number of rotatable bonds is 6. The van der Waals surface area contributed by atoms with Crippen molar-refractivity contribution >= 4 is 34.3 Å². The van der Waals surface area contributed by atoms with E-state index in [0.717, 1.165) is 39.7 Å². The van der Waals surface area contributed by atoms with E-state index >= 15 is 0 Å². The lowest BCUT2D eigenvalue weighted by Crippen LogP contribution is -2.16. The molecule has 0 saturated heterocycles. The average Bonchev–Trinajstić information content (AvgIpc) is 2.64. The number of thioether (sulfide) groups is 1. The van der Waals surface area contributed by atoms with Crippen LogP contribution in [0.2, 0.25) is 0 Å². The van der Waals surface area contributed by atoms with Gasteiger partial charge in [-0.05, 0) is 48.6 Å². The molecule has 0 fully saturated rings. The highest BCUT2D eigenvalue weighted by molar-refractivity contribution is 7.99. The zero-order valence-electron chi connectivity index (χ0n) is 15.8. The summed E-state index contributed by atoms with van der Waals surface area (Å²) in [5.74, 6) is 0.856. The summed E-state index contributed by atoms with van der Waals surface area (Å²) in [5.41, 5.74) is 5.25. The van der Waals surface area contributed by atoms with Crippen molar-refractivity contribution in [1.82, 2.24) is 0 Å². The molecule has 0 saturated carbocycles. The highest BCUT2D eigenvalue weighted by Crippen LogP contribution is 2.24. The van der Waals surface area contributed by atoms with Gasteiger partial charge in [0.25, 0.3) is 0 Å². The van der Waals surface area contributed by atoms with Crippen LogP contribution in [0.4, 0.5) is 5.69 Å². The van der Waals surface area contributed by atoms with Crippen molar-refractivity contribution in [2.24, 2.45) is 0 Å². The van der Waals surface area contributed by atoms with Gasteiger partial charge in [-0.15, -0.1) is 11.8 Å². The lowest BCUT2D eigenvalue weighted by Gasteiger charge is -2.11. The molecule has 1 heterocycles. The normalized spacial score (nSPS) is 10.9. The summed E-state index contributed by atoms with van der Waals surface area (Å²) in [6.45, 7) is 6.03. The molecule has 0 atom stereocenters. The zero-order chi connectivity index (χ0) is 19.4. The fourth-order valence-corrected chi connectivity index (χ4v) is 3.87. The number of aryl methyl sites for hydroxylation is 3. The molecular weight excluding hydrogens is 358 g/mol. The van der Waals surface area contributed by atoms with Gasteiger partial charge in [-0.25, -0.2) is 4.79 Å². The Morgan fingerprint density at radius 3 is 2.56 bits per heavy atom. The van der Waals surface area contributed by atoms with E-state index in [1.807, 2.05) is 50.2 Å². The van der Waals surface area contributed by atoms with Crippen molar-refractivity contribution in [1.29, 1.82) is 0 Å². The number of fused-ring (bicyclic) bond motifs is 1. The van der Waals surface area contributed by atoms with Crippen LogP contribution in [0.25, 0.3) is 11.0 Å². The van der Waals surface area contributed by atoms with Crippen LogP contribution in [-0.4, -0.2) is 11.7 Å². The number of hydrogen-bond donors (Lipinski definition) is 1. The van der Waals surface area contributed by atoms with Crippen LogP contribution in [0, 0.1) is 13.8 Å². The number of nitrogens with one attached hydrogen (secondary N) is 1. The highest BCUT2D eigenvalue weighted by atomic mass is 32.2. The number of benzene rings is 2. The maximum atomic E-state index is 12.3. The first-order valence-corrected chi connectivity index (χ1v) is 10.1. The third-order valence-corrected chi connectivity index (χ3v) is 5.52. The van der Waals surface area contributed by atoms with E-state index in [1.165, 1.54) is 17.8 Å². The molecule has 2 aromatic carbocycles. The van der Waals surface area contributed by atoms with Gasteiger partial charge in [0.1, 0.15) is 5.58 Å². The second kappa shape index (κ2) is 8.44. The smallest absolute Gasteiger partial charge is 0.336 e. The molecule has 1 N–H and O–H groups in total. The molecular formula is C22H23NO3S. The predicted octanol–water partition coefficient (Wildman–Crippen LogP) is 4.84. The van der Waals surface area contributed by atoms with Crippen LogP contribution in [-0.2, 0) is 17.0 Å². The van der Waals surface area contributed by atoms with Gasteiger partial charge in [0.2, 0.25) is 5.91 Å². The largest absolute Gasteiger partial charge is 0.423 e. The quantitative estimate of drug-likeness (QED) is 0.621. The van der Waals surface area contributed by atoms with Gasteiger partial charge in [-0.1, -0.05) is 37.3 Å². The molecule has 0 spiro atoms. The second-order valence-electron chi connectivity index (χ2n) is 6.58. The summed E-state index contributed by atoms with van der Waals surface area (Å²) in [7, 11) is 0. The van der Waals surface area contributed by atoms with Gasteiger partial charge in [0.05, 0.1) is 5.75 Å². The molecule has 5 heteroatoms. The molecule has 3 aromatic rings. The molecule has 0 bridgehead atoms. The molecule has 3 rings (SSSR count). The van der Waals surface area contributed by atoms with Gasteiger partial charge in [0, 0.05) is 22.9 Å². The molecule has 27 heavy (non-hydrogen) atoms. The van der Waals surface area contributed by atoms with E-state index in [-0.39, 0.29) is 11.5 Å². The molecule has 1 aromatic heterocycles. The maximum absolute atomic E-state index is 12.3. The monoisotopic (exact) mass is 381 g/mol. The third kappa shape index (κ3) is 4.61. The SMILES string of the molecule is CCc1ccc2c(CSCC(=O)Nc3c(C)cccc3C)cc(=O)oc2c1. The summed E-state index contributed by atoms with van der Waals surface area (Å²) in [6.07, 6.45) is 0.886. The Hall–Kier alpha value is -2.53. The van der Waals surface area contributed by atoms with Crippen LogP contribution >= 0.6 is 11.8 Å². The minimum absolute atomic E-state index is 0.0436. The Bertz CT molecular complexity index is 1020. The zero-order valence-corrected chi connectivity index (χ0v) is 16.6. The minimum Gasteiger partial charge on any atom is -0.423 e. The van der Waals surface area contributed by atoms with Crippen LogP contribution in [0.3, 0.4) is 0 Å². The van der Waals surface area contributed by atoms with Gasteiger partial charge in [0.15, 0.2) is 0 Å². The van der Waals surface area contributed by atoms with Crippen LogP contribution in [0.15, 0.2) is 51.7 Å². The van der Waals surface area contributed by atoms with Crippen molar-refractivity contribution < 1.29 is 9.21 Å². The number of amides is 1. The molecule has 140 valence electrons. The molecule has 1 amide bonds. The van der Waals surface area contributed by atoms with Crippen molar-refractivity contribution in [2.75, 3.05) is 11.1 Å². The van der Waals surface area contributed by atoms with E-state index in [9.17, 15) is 9.59 Å². The highest BCUT2D eigenvalue weighted by Gasteiger charge is 2.10. The van der Waals surface area contributed by atoms with Crippen LogP contribution in [0.1, 0.15) is 29.2 Å².